The van der Waals surface area contributed by atoms with Crippen molar-refractivity contribution in [1.29, 1.82) is 0 Å². The summed E-state index contributed by atoms with van der Waals surface area (Å²) in [4.78, 5) is 18.7. The number of aliphatic hydroxyl groups excluding tert-OH is 1. The van der Waals surface area contributed by atoms with Gasteiger partial charge in [-0.25, -0.2) is 4.98 Å². The molecule has 0 fully saturated rings. The number of benzene rings is 1. The molecule has 0 aliphatic heterocycles. The smallest absolute Gasteiger partial charge is 0.262 e. The van der Waals surface area contributed by atoms with Gasteiger partial charge in [-0.3, -0.25) is 9.36 Å². The summed E-state index contributed by atoms with van der Waals surface area (Å²) < 4.78 is 6.90. The number of hydrogen-bond acceptors (Lipinski definition) is 5. The molecule has 8 heteroatoms. The number of halogens is 2. The zero-order valence-electron chi connectivity index (χ0n) is 13.6. The molecule has 1 unspecified atom stereocenters. The number of aliphatic hydroxyl groups is 1. The van der Waals surface area contributed by atoms with E-state index in [1.165, 1.54) is 22.2 Å². The maximum Gasteiger partial charge on any atom is 0.262 e. The first-order valence-electron chi connectivity index (χ1n) is 7.58. The number of aryl methyl sites for hydroxylation is 2. The first-order chi connectivity index (χ1) is 11.9. The van der Waals surface area contributed by atoms with Crippen LogP contribution in [0.5, 0.6) is 5.75 Å². The highest BCUT2D eigenvalue weighted by Gasteiger charge is 2.15. The van der Waals surface area contributed by atoms with Crippen LogP contribution in [0.4, 0.5) is 0 Å². The summed E-state index contributed by atoms with van der Waals surface area (Å²) in [7, 11) is 0. The molecule has 0 aliphatic carbocycles. The number of thiophene rings is 1. The van der Waals surface area contributed by atoms with Crippen molar-refractivity contribution in [3.05, 3.63) is 55.4 Å². The highest BCUT2D eigenvalue weighted by Crippen LogP contribution is 2.28. The molecule has 0 radical (unpaired) electrons. The van der Waals surface area contributed by atoms with E-state index in [-0.39, 0.29) is 18.7 Å². The fourth-order valence-corrected chi connectivity index (χ4v) is 3.78. The lowest BCUT2D eigenvalue weighted by Crippen LogP contribution is -2.30. The lowest BCUT2D eigenvalue weighted by molar-refractivity contribution is 0.0915. The van der Waals surface area contributed by atoms with Crippen molar-refractivity contribution in [2.75, 3.05) is 6.61 Å². The molecule has 0 saturated heterocycles. The highest BCUT2D eigenvalue weighted by atomic mass is 35.5. The number of aromatic nitrogens is 2. The average molecular weight is 399 g/mol. The van der Waals surface area contributed by atoms with Crippen LogP contribution < -0.4 is 10.3 Å². The molecule has 0 amide bonds. The van der Waals surface area contributed by atoms with Gasteiger partial charge in [-0.05, 0) is 31.5 Å². The lowest BCUT2D eigenvalue weighted by Gasteiger charge is -2.14. The van der Waals surface area contributed by atoms with Gasteiger partial charge in [-0.1, -0.05) is 23.2 Å². The van der Waals surface area contributed by atoms with E-state index >= 15 is 0 Å². The van der Waals surface area contributed by atoms with Crippen LogP contribution >= 0.6 is 34.5 Å². The third kappa shape index (κ3) is 3.82. The molecule has 0 bridgehead atoms. The number of hydrogen-bond donors (Lipinski definition) is 1. The molecule has 2 heterocycles. The first-order valence-corrected chi connectivity index (χ1v) is 9.15. The molecule has 0 aliphatic rings. The van der Waals surface area contributed by atoms with Crippen molar-refractivity contribution >= 4 is 44.8 Å². The minimum Gasteiger partial charge on any atom is -0.489 e. The molecular formula is C17H16Cl2N2O3S. The minimum absolute atomic E-state index is 0.0216. The van der Waals surface area contributed by atoms with E-state index in [2.05, 4.69) is 4.98 Å². The average Bonchev–Trinajstić information content (AvgIpc) is 2.86. The van der Waals surface area contributed by atoms with Crippen LogP contribution in [0.15, 0.2) is 29.3 Å². The Labute approximate surface area is 158 Å². The predicted molar refractivity (Wildman–Crippen MR) is 101 cm³/mol. The molecule has 0 spiro atoms. The van der Waals surface area contributed by atoms with E-state index < -0.39 is 6.10 Å². The molecule has 5 nitrogen and oxygen atoms in total. The second kappa shape index (κ2) is 7.33. The van der Waals surface area contributed by atoms with Gasteiger partial charge in [-0.15, -0.1) is 11.3 Å². The Kier molecular flexibility index (Phi) is 5.34. The van der Waals surface area contributed by atoms with E-state index in [1.807, 2.05) is 13.8 Å². The first kappa shape index (κ1) is 18.2. The Bertz CT molecular complexity index is 984. The van der Waals surface area contributed by atoms with E-state index in [9.17, 15) is 9.90 Å². The van der Waals surface area contributed by atoms with Crippen molar-refractivity contribution < 1.29 is 9.84 Å². The molecule has 1 aromatic carbocycles. The van der Waals surface area contributed by atoms with Crippen LogP contribution in [0, 0.1) is 13.8 Å². The highest BCUT2D eigenvalue weighted by molar-refractivity contribution is 7.18. The molecule has 1 N–H and O–H groups in total. The molecule has 1 atom stereocenters. The van der Waals surface area contributed by atoms with Crippen molar-refractivity contribution in [3.63, 3.8) is 0 Å². The van der Waals surface area contributed by atoms with Crippen LogP contribution in [0.1, 0.15) is 10.4 Å². The third-order valence-electron chi connectivity index (χ3n) is 3.89. The number of nitrogens with zero attached hydrogens (tertiary/aromatic N) is 2. The largest absolute Gasteiger partial charge is 0.489 e. The van der Waals surface area contributed by atoms with Crippen molar-refractivity contribution in [2.24, 2.45) is 0 Å². The van der Waals surface area contributed by atoms with Gasteiger partial charge in [0.25, 0.3) is 5.56 Å². The van der Waals surface area contributed by atoms with Gasteiger partial charge < -0.3 is 9.84 Å². The predicted octanol–water partition coefficient (Wildman–Crippen LogP) is 3.82. The van der Waals surface area contributed by atoms with E-state index in [1.54, 1.807) is 18.2 Å². The minimum atomic E-state index is -0.896. The number of rotatable bonds is 5. The normalized spacial score (nSPS) is 12.5. The second-order valence-corrected chi connectivity index (χ2v) is 7.75. The van der Waals surface area contributed by atoms with Gasteiger partial charge in [0, 0.05) is 16.0 Å². The second-order valence-electron chi connectivity index (χ2n) is 5.71. The Morgan fingerprint density at radius 2 is 2.12 bits per heavy atom. The van der Waals surface area contributed by atoms with Gasteiger partial charge in [-0.2, -0.15) is 0 Å². The van der Waals surface area contributed by atoms with Gasteiger partial charge >= 0.3 is 0 Å². The van der Waals surface area contributed by atoms with Crippen molar-refractivity contribution in [1.82, 2.24) is 9.55 Å². The summed E-state index contributed by atoms with van der Waals surface area (Å²) in [6.45, 7) is 3.92. The number of fused-ring (bicyclic) bond motifs is 1. The lowest BCUT2D eigenvalue weighted by atomic mass is 10.2. The topological polar surface area (TPSA) is 64.3 Å². The zero-order valence-corrected chi connectivity index (χ0v) is 16.0. The summed E-state index contributed by atoms with van der Waals surface area (Å²) in [5, 5.41) is 11.7. The fourth-order valence-electron chi connectivity index (χ4n) is 2.45. The maximum absolute atomic E-state index is 12.6. The zero-order chi connectivity index (χ0) is 18.1. The van der Waals surface area contributed by atoms with Gasteiger partial charge in [0.2, 0.25) is 0 Å². The van der Waals surface area contributed by atoms with E-state index in [0.29, 0.717) is 26.0 Å². The van der Waals surface area contributed by atoms with E-state index in [4.69, 9.17) is 27.9 Å². The Morgan fingerprint density at radius 3 is 2.88 bits per heavy atom. The molecule has 3 aromatic rings. The van der Waals surface area contributed by atoms with Gasteiger partial charge in [0.05, 0.1) is 23.3 Å². The molecule has 2 aromatic heterocycles. The van der Waals surface area contributed by atoms with Crippen LogP contribution in [-0.2, 0) is 6.54 Å². The molecule has 3 rings (SSSR count). The summed E-state index contributed by atoms with van der Waals surface area (Å²) in [6.07, 6.45) is 0.558. The summed E-state index contributed by atoms with van der Waals surface area (Å²) >= 11 is 13.4. The molecular weight excluding hydrogens is 383 g/mol. The summed E-state index contributed by atoms with van der Waals surface area (Å²) in [6, 6.07) is 4.85. The Morgan fingerprint density at radius 1 is 1.36 bits per heavy atom. The van der Waals surface area contributed by atoms with E-state index in [0.717, 1.165) is 10.4 Å². The van der Waals surface area contributed by atoms with Gasteiger partial charge in [0.1, 0.15) is 23.3 Å². The summed E-state index contributed by atoms with van der Waals surface area (Å²) in [5.74, 6) is 0.387. The molecule has 132 valence electrons. The standard InChI is InChI=1S/C17H16Cl2N2O3S/c1-9-10(2)25-16-15(9)17(23)21(8-20-16)6-12(22)7-24-14-5-11(18)3-4-13(14)19/h3-5,8,12,22H,6-7H2,1-2H3. The fraction of sp³-hybridized carbons (Fsp3) is 0.294. The molecule has 0 saturated carbocycles. The Hall–Kier alpha value is -1.60. The maximum atomic E-state index is 12.6. The van der Waals surface area contributed by atoms with Gasteiger partial charge in [0.15, 0.2) is 0 Å². The van der Waals surface area contributed by atoms with Crippen molar-refractivity contribution in [2.45, 2.75) is 26.5 Å². The number of ether oxygens (including phenoxy) is 1. The van der Waals surface area contributed by atoms with Crippen LogP contribution in [0.2, 0.25) is 10.0 Å². The van der Waals surface area contributed by atoms with Crippen LogP contribution in [0.3, 0.4) is 0 Å². The van der Waals surface area contributed by atoms with Crippen LogP contribution in [0.25, 0.3) is 10.2 Å². The SMILES string of the molecule is Cc1sc2ncn(CC(O)COc3cc(Cl)ccc3Cl)c(=O)c2c1C. The van der Waals surface area contributed by atoms with Crippen LogP contribution in [-0.4, -0.2) is 27.4 Å². The quantitative estimate of drug-likeness (QED) is 0.709. The summed E-state index contributed by atoms with van der Waals surface area (Å²) in [5.41, 5.74) is 0.773. The molecule has 25 heavy (non-hydrogen) atoms. The monoisotopic (exact) mass is 398 g/mol. The third-order valence-corrected chi connectivity index (χ3v) is 5.55. The van der Waals surface area contributed by atoms with Crippen molar-refractivity contribution in [3.8, 4) is 5.75 Å². The Balaban J connectivity index is 1.75.